The molecule has 0 unspecified atom stereocenters. The van der Waals surface area contributed by atoms with E-state index in [1.807, 2.05) is 30.4 Å². The van der Waals surface area contributed by atoms with Gasteiger partial charge in [0.25, 0.3) is 0 Å². The number of anilines is 1. The van der Waals surface area contributed by atoms with Crippen molar-refractivity contribution in [2.75, 3.05) is 11.4 Å². The van der Waals surface area contributed by atoms with Crippen molar-refractivity contribution < 1.29 is 4.79 Å². The molecule has 1 aromatic carbocycles. The minimum absolute atomic E-state index is 0.00960. The van der Waals surface area contributed by atoms with Crippen LogP contribution in [0.4, 0.5) is 5.69 Å². The Hall–Kier alpha value is -1.84. The van der Waals surface area contributed by atoms with Gasteiger partial charge in [-0.25, -0.2) is 0 Å². The monoisotopic (exact) mass is 300 g/mol. The fraction of sp³-hybridized carbons (Fsp3) is 0.235. The molecule has 2 aliphatic rings. The van der Waals surface area contributed by atoms with Gasteiger partial charge in [0.15, 0.2) is 0 Å². The molecule has 1 aliphatic carbocycles. The first-order chi connectivity index (χ1) is 10.2. The fourth-order valence-corrected chi connectivity index (χ4v) is 2.94. The van der Waals surface area contributed by atoms with Gasteiger partial charge in [-0.15, -0.1) is 0 Å². The summed E-state index contributed by atoms with van der Waals surface area (Å²) in [5.74, 6) is 0.00960. The summed E-state index contributed by atoms with van der Waals surface area (Å²) in [5, 5.41) is 0.673. The van der Waals surface area contributed by atoms with Crippen LogP contribution in [0.25, 0.3) is 0 Å². The molecule has 0 fully saturated rings. The van der Waals surface area contributed by atoms with Crippen LogP contribution in [0.3, 0.4) is 0 Å². The molecule has 0 saturated heterocycles. The molecule has 2 N–H and O–H groups in total. The van der Waals surface area contributed by atoms with E-state index in [4.69, 9.17) is 17.3 Å². The Balaban J connectivity index is 2.15. The second kappa shape index (κ2) is 5.88. The average molecular weight is 301 g/mol. The van der Waals surface area contributed by atoms with Crippen molar-refractivity contribution in [2.45, 2.75) is 19.3 Å². The largest absolute Gasteiger partial charge is 0.330 e. The molecule has 3 rings (SSSR count). The van der Waals surface area contributed by atoms with Crippen molar-refractivity contribution >= 4 is 23.2 Å². The van der Waals surface area contributed by atoms with Gasteiger partial charge in [0.1, 0.15) is 0 Å². The average Bonchev–Trinajstić information content (AvgIpc) is 2.63. The number of allylic oxidation sites excluding steroid dienone is 5. The Kier molecular flexibility index (Phi) is 3.95. The maximum Gasteiger partial charge on any atom is 0.232 e. The number of carbonyl (C=O) groups excluding carboxylic acids is 1. The molecule has 0 aromatic heterocycles. The van der Waals surface area contributed by atoms with Crippen LogP contribution < -0.4 is 10.6 Å². The maximum absolute atomic E-state index is 12.6. The molecule has 1 aromatic rings. The van der Waals surface area contributed by atoms with Crippen molar-refractivity contribution in [3.63, 3.8) is 0 Å². The lowest BCUT2D eigenvalue weighted by Gasteiger charge is -2.28. The quantitative estimate of drug-likeness (QED) is 0.911. The number of hydrogen-bond acceptors (Lipinski definition) is 2. The van der Waals surface area contributed by atoms with E-state index in [9.17, 15) is 4.79 Å². The number of fused-ring (bicyclic) bond motifs is 2. The van der Waals surface area contributed by atoms with Crippen molar-refractivity contribution in [1.29, 1.82) is 0 Å². The van der Waals surface area contributed by atoms with E-state index < -0.39 is 0 Å². The number of rotatable bonds is 2. The normalized spacial score (nSPS) is 17.0. The van der Waals surface area contributed by atoms with Gasteiger partial charge < -0.3 is 5.73 Å². The second-order valence-corrected chi connectivity index (χ2v) is 5.59. The topological polar surface area (TPSA) is 46.3 Å². The zero-order valence-electron chi connectivity index (χ0n) is 11.7. The Morgan fingerprint density at radius 2 is 2.05 bits per heavy atom. The smallest absolute Gasteiger partial charge is 0.232 e. The lowest BCUT2D eigenvalue weighted by Crippen LogP contribution is -2.33. The molecule has 3 nitrogen and oxygen atoms in total. The molecular weight excluding hydrogens is 284 g/mol. The number of carbonyl (C=O) groups is 1. The number of benzene rings is 1. The summed E-state index contributed by atoms with van der Waals surface area (Å²) < 4.78 is 0. The van der Waals surface area contributed by atoms with Gasteiger partial charge in [0.2, 0.25) is 5.91 Å². The predicted molar refractivity (Wildman–Crippen MR) is 86.0 cm³/mol. The van der Waals surface area contributed by atoms with Crippen molar-refractivity contribution in [2.24, 2.45) is 5.73 Å². The van der Waals surface area contributed by atoms with Crippen LogP contribution in [0.2, 0.25) is 0 Å². The third-order valence-corrected chi connectivity index (χ3v) is 4.03. The first-order valence-electron chi connectivity index (χ1n) is 7.08. The minimum Gasteiger partial charge on any atom is -0.330 e. The summed E-state index contributed by atoms with van der Waals surface area (Å²) in [5.41, 5.74) is 9.66. The highest BCUT2D eigenvalue weighted by Gasteiger charge is 2.27. The predicted octanol–water partition coefficient (Wildman–Crippen LogP) is 3.26. The van der Waals surface area contributed by atoms with Crippen LogP contribution in [0.1, 0.15) is 18.4 Å². The van der Waals surface area contributed by atoms with E-state index >= 15 is 0 Å². The van der Waals surface area contributed by atoms with E-state index in [2.05, 4.69) is 12.1 Å². The molecule has 0 atom stereocenters. The van der Waals surface area contributed by atoms with Gasteiger partial charge in [-0.3, -0.25) is 9.69 Å². The van der Waals surface area contributed by atoms with E-state index in [1.54, 1.807) is 4.90 Å². The standard InChI is InChI=1S/C17H17ClN2O/c18-14-8-7-13-6-5-12-3-1-2-4-15(12)20(16(13)11-14)17(21)9-10-19/h1-4,6,8,11H,5,7,9-10,19H2. The van der Waals surface area contributed by atoms with Crippen LogP contribution in [-0.2, 0) is 11.2 Å². The zero-order chi connectivity index (χ0) is 14.8. The summed E-state index contributed by atoms with van der Waals surface area (Å²) in [7, 11) is 0. The molecule has 1 heterocycles. The van der Waals surface area contributed by atoms with Crippen LogP contribution in [-0.4, -0.2) is 12.5 Å². The van der Waals surface area contributed by atoms with Crippen LogP contribution in [0.5, 0.6) is 0 Å². The molecule has 108 valence electrons. The number of para-hydroxylation sites is 1. The summed E-state index contributed by atoms with van der Waals surface area (Å²) in [6.07, 6.45) is 7.91. The molecule has 0 radical (unpaired) electrons. The SMILES string of the molecule is NCCC(=O)N1C2=CC(Cl)=CCC2=CCc2ccccc21. The molecule has 21 heavy (non-hydrogen) atoms. The summed E-state index contributed by atoms with van der Waals surface area (Å²) in [6.45, 7) is 0.341. The minimum atomic E-state index is 0.00960. The highest BCUT2D eigenvalue weighted by molar-refractivity contribution is 6.31. The summed E-state index contributed by atoms with van der Waals surface area (Å²) in [4.78, 5) is 14.4. The Labute approximate surface area is 129 Å². The number of amides is 1. The van der Waals surface area contributed by atoms with Crippen LogP contribution in [0.15, 0.2) is 58.8 Å². The first-order valence-corrected chi connectivity index (χ1v) is 7.46. The Morgan fingerprint density at radius 3 is 2.86 bits per heavy atom. The third kappa shape index (κ3) is 2.67. The lowest BCUT2D eigenvalue weighted by atomic mass is 10.0. The molecule has 0 saturated carbocycles. The molecular formula is C17H17ClN2O. The first kappa shape index (κ1) is 14.1. The van der Waals surface area contributed by atoms with Gasteiger partial charge in [-0.1, -0.05) is 42.0 Å². The molecule has 0 bridgehead atoms. The number of hydrogen-bond donors (Lipinski definition) is 1. The highest BCUT2D eigenvalue weighted by Crippen LogP contribution is 2.36. The molecule has 1 aliphatic heterocycles. The second-order valence-electron chi connectivity index (χ2n) is 5.15. The van der Waals surface area contributed by atoms with Gasteiger partial charge in [0, 0.05) is 18.0 Å². The lowest BCUT2D eigenvalue weighted by molar-refractivity contribution is -0.117. The number of nitrogens with zero attached hydrogens (tertiary/aromatic N) is 1. The third-order valence-electron chi connectivity index (χ3n) is 3.77. The van der Waals surface area contributed by atoms with Gasteiger partial charge in [-0.05, 0) is 36.1 Å². The van der Waals surface area contributed by atoms with Crippen LogP contribution >= 0.6 is 11.6 Å². The Bertz CT molecular complexity index is 673. The number of nitrogens with two attached hydrogens (primary N) is 1. The summed E-state index contributed by atoms with van der Waals surface area (Å²) in [6, 6.07) is 7.99. The molecule has 4 heteroatoms. The number of halogens is 1. The zero-order valence-corrected chi connectivity index (χ0v) is 12.4. The van der Waals surface area contributed by atoms with Crippen molar-refractivity contribution in [1.82, 2.24) is 0 Å². The van der Waals surface area contributed by atoms with Crippen molar-refractivity contribution in [3.05, 3.63) is 64.4 Å². The van der Waals surface area contributed by atoms with E-state index in [1.165, 1.54) is 0 Å². The van der Waals surface area contributed by atoms with Crippen molar-refractivity contribution in [3.8, 4) is 0 Å². The summed E-state index contributed by atoms with van der Waals surface area (Å²) >= 11 is 6.16. The highest BCUT2D eigenvalue weighted by atomic mass is 35.5. The van der Waals surface area contributed by atoms with Gasteiger partial charge in [0.05, 0.1) is 11.4 Å². The van der Waals surface area contributed by atoms with Crippen LogP contribution in [0, 0.1) is 0 Å². The van der Waals surface area contributed by atoms with Gasteiger partial charge >= 0.3 is 0 Å². The maximum atomic E-state index is 12.6. The van der Waals surface area contributed by atoms with E-state index in [0.717, 1.165) is 35.4 Å². The molecule has 0 spiro atoms. The van der Waals surface area contributed by atoms with E-state index in [-0.39, 0.29) is 5.91 Å². The molecule has 1 amide bonds. The Morgan fingerprint density at radius 1 is 1.24 bits per heavy atom. The van der Waals surface area contributed by atoms with Gasteiger partial charge in [-0.2, -0.15) is 0 Å². The van der Waals surface area contributed by atoms with E-state index in [0.29, 0.717) is 18.0 Å². The fourth-order valence-electron chi connectivity index (χ4n) is 2.76.